The molecular weight excluding hydrogens is 417 g/mol. The maximum absolute atomic E-state index is 12.5. The molecule has 0 unspecified atom stereocenters. The fourth-order valence-electron chi connectivity index (χ4n) is 2.19. The quantitative estimate of drug-likeness (QED) is 0.472. The maximum Gasteiger partial charge on any atom is 0.255 e. The number of rotatable bonds is 8. The molecule has 2 aromatic carbocycles. The third kappa shape index (κ3) is 5.49. The van der Waals surface area contributed by atoms with Gasteiger partial charge in [-0.2, -0.15) is 0 Å². The summed E-state index contributed by atoms with van der Waals surface area (Å²) in [5.41, 5.74) is 2.26. The van der Waals surface area contributed by atoms with Gasteiger partial charge in [0.05, 0.1) is 13.2 Å². The van der Waals surface area contributed by atoms with Crippen LogP contribution in [0.15, 0.2) is 42.5 Å². The van der Waals surface area contributed by atoms with Crippen LogP contribution < -0.4 is 10.1 Å². The summed E-state index contributed by atoms with van der Waals surface area (Å²) in [4.78, 5) is 12.5. The molecule has 128 valence electrons. The smallest absolute Gasteiger partial charge is 0.255 e. The second-order valence-corrected chi connectivity index (χ2v) is 6.51. The van der Waals surface area contributed by atoms with E-state index in [1.807, 2.05) is 43.3 Å². The Morgan fingerprint density at radius 3 is 2.54 bits per heavy atom. The number of nitrogens with one attached hydrogen (secondary N) is 1. The fraction of sp³-hybridized carbons (Fsp3) is 0.316. The van der Waals surface area contributed by atoms with Crippen molar-refractivity contribution in [3.63, 3.8) is 0 Å². The normalized spacial score (nSPS) is 10.5. The number of ether oxygens (including phenoxy) is 2. The van der Waals surface area contributed by atoms with Crippen LogP contribution in [0.3, 0.4) is 0 Å². The molecule has 0 bridgehead atoms. The van der Waals surface area contributed by atoms with E-state index in [9.17, 15) is 4.79 Å². The van der Waals surface area contributed by atoms with Gasteiger partial charge in [-0.3, -0.25) is 4.79 Å². The largest absolute Gasteiger partial charge is 0.494 e. The summed E-state index contributed by atoms with van der Waals surface area (Å²) >= 11 is 2.23. The number of amides is 1. The van der Waals surface area contributed by atoms with Gasteiger partial charge in [0.15, 0.2) is 0 Å². The van der Waals surface area contributed by atoms with E-state index < -0.39 is 0 Å². The van der Waals surface area contributed by atoms with E-state index in [0.29, 0.717) is 25.4 Å². The highest BCUT2D eigenvalue weighted by Gasteiger charge is 2.11. The molecule has 0 spiro atoms. The van der Waals surface area contributed by atoms with Gasteiger partial charge < -0.3 is 14.8 Å². The molecule has 2 rings (SSSR count). The first-order valence-electron chi connectivity index (χ1n) is 8.04. The lowest BCUT2D eigenvalue weighted by Crippen LogP contribution is -2.13. The van der Waals surface area contributed by atoms with E-state index in [-0.39, 0.29) is 5.91 Å². The summed E-state index contributed by atoms with van der Waals surface area (Å²) in [5.74, 6) is 0.621. The second-order valence-electron chi connectivity index (χ2n) is 5.27. The first-order chi connectivity index (χ1) is 11.6. The van der Waals surface area contributed by atoms with Gasteiger partial charge in [0, 0.05) is 27.0 Å². The van der Waals surface area contributed by atoms with E-state index in [4.69, 9.17) is 9.47 Å². The molecule has 0 aromatic heterocycles. The summed E-state index contributed by atoms with van der Waals surface area (Å²) in [5, 5.41) is 2.91. The molecule has 0 aliphatic rings. The lowest BCUT2D eigenvalue weighted by atomic mass is 10.1. The topological polar surface area (TPSA) is 47.6 Å². The Bertz CT molecular complexity index is 671. The summed E-state index contributed by atoms with van der Waals surface area (Å²) < 4.78 is 12.4. The molecule has 0 saturated carbocycles. The molecule has 0 heterocycles. The van der Waals surface area contributed by atoms with Crippen molar-refractivity contribution in [3.8, 4) is 5.75 Å². The minimum absolute atomic E-state index is 0.143. The number of hydrogen-bond acceptors (Lipinski definition) is 3. The van der Waals surface area contributed by atoms with Gasteiger partial charge in [-0.1, -0.05) is 6.92 Å². The number of anilines is 1. The Morgan fingerprint density at radius 1 is 1.12 bits per heavy atom. The van der Waals surface area contributed by atoms with Gasteiger partial charge >= 0.3 is 0 Å². The number of halogens is 1. The monoisotopic (exact) mass is 439 g/mol. The molecule has 2 aromatic rings. The van der Waals surface area contributed by atoms with E-state index >= 15 is 0 Å². The van der Waals surface area contributed by atoms with Crippen molar-refractivity contribution in [1.29, 1.82) is 0 Å². The molecule has 0 aliphatic heterocycles. The number of benzene rings is 2. The van der Waals surface area contributed by atoms with E-state index in [1.54, 1.807) is 6.07 Å². The molecular formula is C19H22INO3. The van der Waals surface area contributed by atoms with Gasteiger partial charge in [0.2, 0.25) is 0 Å². The minimum Gasteiger partial charge on any atom is -0.494 e. The number of carbonyl (C=O) groups excluding carboxylic acids is 1. The van der Waals surface area contributed by atoms with Crippen LogP contribution >= 0.6 is 22.6 Å². The average Bonchev–Trinajstić information content (AvgIpc) is 2.58. The summed E-state index contributed by atoms with van der Waals surface area (Å²) in [6.07, 6.45) is 0.955. The predicted molar refractivity (Wildman–Crippen MR) is 105 cm³/mol. The zero-order valence-corrected chi connectivity index (χ0v) is 16.1. The molecule has 0 atom stereocenters. The van der Waals surface area contributed by atoms with Crippen LogP contribution in [0.25, 0.3) is 0 Å². The van der Waals surface area contributed by atoms with Crippen LogP contribution in [0.4, 0.5) is 5.69 Å². The lowest BCUT2D eigenvalue weighted by Gasteiger charge is -2.13. The molecule has 0 radical (unpaired) electrons. The fourth-order valence-corrected chi connectivity index (χ4v) is 2.55. The van der Waals surface area contributed by atoms with Crippen LogP contribution in [0.2, 0.25) is 0 Å². The molecule has 0 fully saturated rings. The Kier molecular flexibility index (Phi) is 7.52. The van der Waals surface area contributed by atoms with Crippen molar-refractivity contribution in [1.82, 2.24) is 0 Å². The molecule has 4 nitrogen and oxygen atoms in total. The molecule has 0 saturated heterocycles. The van der Waals surface area contributed by atoms with Crippen molar-refractivity contribution in [2.24, 2.45) is 0 Å². The van der Waals surface area contributed by atoms with Gasteiger partial charge in [0.1, 0.15) is 5.75 Å². The van der Waals surface area contributed by atoms with E-state index in [0.717, 1.165) is 27.0 Å². The molecule has 0 aliphatic carbocycles. The summed E-state index contributed by atoms with van der Waals surface area (Å²) in [6.45, 7) is 5.70. The Balaban J connectivity index is 2.14. The highest BCUT2D eigenvalue weighted by atomic mass is 127. The molecule has 1 amide bonds. The Labute approximate surface area is 156 Å². The van der Waals surface area contributed by atoms with E-state index in [1.165, 1.54) is 0 Å². The van der Waals surface area contributed by atoms with Crippen molar-refractivity contribution < 1.29 is 14.3 Å². The van der Waals surface area contributed by atoms with Crippen LogP contribution in [0.5, 0.6) is 5.75 Å². The van der Waals surface area contributed by atoms with Crippen LogP contribution in [-0.2, 0) is 11.3 Å². The second kappa shape index (κ2) is 9.64. The van der Waals surface area contributed by atoms with Gasteiger partial charge in [-0.25, -0.2) is 0 Å². The van der Waals surface area contributed by atoms with Gasteiger partial charge in [-0.15, -0.1) is 0 Å². The average molecular weight is 439 g/mol. The van der Waals surface area contributed by atoms with Crippen molar-refractivity contribution in [2.75, 3.05) is 18.5 Å². The zero-order valence-electron chi connectivity index (χ0n) is 14.0. The van der Waals surface area contributed by atoms with Gasteiger partial charge in [0.25, 0.3) is 5.91 Å². The van der Waals surface area contributed by atoms with Gasteiger partial charge in [-0.05, 0) is 78.4 Å². The highest BCUT2D eigenvalue weighted by molar-refractivity contribution is 14.1. The molecule has 24 heavy (non-hydrogen) atoms. The summed E-state index contributed by atoms with van der Waals surface area (Å²) in [6, 6.07) is 13.1. The maximum atomic E-state index is 12.5. The van der Waals surface area contributed by atoms with E-state index in [2.05, 4.69) is 34.8 Å². The van der Waals surface area contributed by atoms with Crippen LogP contribution in [-0.4, -0.2) is 19.1 Å². The Morgan fingerprint density at radius 2 is 1.88 bits per heavy atom. The number of hydrogen-bond donors (Lipinski definition) is 1. The highest BCUT2D eigenvalue weighted by Crippen LogP contribution is 2.22. The minimum atomic E-state index is -0.143. The zero-order chi connectivity index (χ0) is 17.4. The van der Waals surface area contributed by atoms with Crippen molar-refractivity contribution >= 4 is 34.2 Å². The first kappa shape index (κ1) is 18.7. The standard InChI is InChI=1S/C19H22INO3/c1-3-11-23-13-15-12-14(5-10-18(15)24-4-2)19(22)21-17-8-6-16(20)7-9-17/h5-10,12H,3-4,11,13H2,1-2H3,(H,21,22). The predicted octanol–water partition coefficient (Wildman–Crippen LogP) is 4.87. The van der Waals surface area contributed by atoms with Crippen LogP contribution in [0.1, 0.15) is 36.2 Å². The van der Waals surface area contributed by atoms with Crippen LogP contribution in [0, 0.1) is 3.57 Å². The SMILES string of the molecule is CCCOCc1cc(C(=O)Nc2ccc(I)cc2)ccc1OCC. The molecule has 5 heteroatoms. The summed E-state index contributed by atoms with van der Waals surface area (Å²) in [7, 11) is 0. The third-order valence-electron chi connectivity index (χ3n) is 3.33. The van der Waals surface area contributed by atoms with Crippen molar-refractivity contribution in [3.05, 3.63) is 57.2 Å². The first-order valence-corrected chi connectivity index (χ1v) is 9.12. The molecule has 1 N–H and O–H groups in total. The Hall–Kier alpha value is -1.60. The lowest BCUT2D eigenvalue weighted by molar-refractivity contribution is 0.102. The number of carbonyl (C=O) groups is 1. The third-order valence-corrected chi connectivity index (χ3v) is 4.05. The van der Waals surface area contributed by atoms with Crippen molar-refractivity contribution in [2.45, 2.75) is 26.9 Å².